The number of nitrogens with two attached hydrogens (primary N) is 3. The van der Waals surface area contributed by atoms with E-state index in [1.165, 1.54) is 63.7 Å². The summed E-state index contributed by atoms with van der Waals surface area (Å²) in [5.41, 5.74) is 19.0. The molecule has 1 saturated heterocycles. The minimum absolute atomic E-state index is 0.0110. The van der Waals surface area contributed by atoms with E-state index in [0.29, 0.717) is 17.5 Å². The third kappa shape index (κ3) is 28.6. The summed E-state index contributed by atoms with van der Waals surface area (Å²) >= 11 is 1.29. The highest BCUT2D eigenvalue weighted by molar-refractivity contribution is 7.98. The smallest absolute Gasteiger partial charge is 0.326 e. The number of carboxylic acids is 2. The second-order valence-corrected chi connectivity index (χ2v) is 25.5. The molecule has 0 aromatic heterocycles. The van der Waals surface area contributed by atoms with Crippen molar-refractivity contribution in [1.29, 1.82) is 0 Å². The number of hydrogen-bond donors (Lipinski definition) is 19. The number of benzene rings is 3. The zero-order chi connectivity index (χ0) is 75.8. The normalized spacial score (nSPS) is 15.7. The lowest BCUT2D eigenvalue weighted by atomic mass is 10.0. The number of likely N-dealkylation sites (tertiary alicyclic amines) is 1. The topological polar surface area (TPSA) is 566 Å². The van der Waals surface area contributed by atoms with Gasteiger partial charge in [0.1, 0.15) is 66.2 Å². The van der Waals surface area contributed by atoms with Crippen molar-refractivity contribution >= 4 is 101 Å². The summed E-state index contributed by atoms with van der Waals surface area (Å²) in [6.45, 7) is 2.65. The van der Waals surface area contributed by atoms with Crippen molar-refractivity contribution < 1.29 is 92.7 Å². The van der Waals surface area contributed by atoms with Gasteiger partial charge in [-0.05, 0) is 99.1 Å². The molecule has 1 aliphatic heterocycles. The first-order valence-corrected chi connectivity index (χ1v) is 34.2. The molecule has 35 nitrogen and oxygen atoms in total. The van der Waals surface area contributed by atoms with Crippen molar-refractivity contribution in [3.8, 4) is 5.75 Å². The van der Waals surface area contributed by atoms with E-state index in [1.807, 2.05) is 0 Å². The Bertz CT molecular complexity index is 3400. The van der Waals surface area contributed by atoms with Crippen LogP contribution < -0.4 is 75.7 Å². The Morgan fingerprint density at radius 1 is 0.559 bits per heavy atom. The third-order valence-corrected chi connectivity index (χ3v) is 16.6. The molecule has 22 N–H and O–H groups in total. The van der Waals surface area contributed by atoms with E-state index in [1.54, 1.807) is 66.9 Å². The first-order chi connectivity index (χ1) is 48.3. The molecule has 0 aliphatic carbocycles. The molecule has 0 bridgehead atoms. The summed E-state index contributed by atoms with van der Waals surface area (Å²) in [5.74, 6) is -15.4. The molecule has 3 aromatic rings. The molecular formula is C66H94N16O19S. The van der Waals surface area contributed by atoms with Crippen LogP contribution in [0.15, 0.2) is 89.9 Å². The fourth-order valence-electron chi connectivity index (χ4n) is 10.4. The van der Waals surface area contributed by atoms with Crippen LogP contribution in [0.1, 0.15) is 82.9 Å². The van der Waals surface area contributed by atoms with Crippen molar-refractivity contribution in [1.82, 2.24) is 63.4 Å². The summed E-state index contributed by atoms with van der Waals surface area (Å²) in [7, 11) is 0. The zero-order valence-corrected chi connectivity index (χ0v) is 58.0. The number of phenols is 1. The van der Waals surface area contributed by atoms with Crippen LogP contribution in [0.3, 0.4) is 0 Å². The maximum Gasteiger partial charge on any atom is 0.326 e. The van der Waals surface area contributed by atoms with Gasteiger partial charge in [-0.2, -0.15) is 11.8 Å². The summed E-state index contributed by atoms with van der Waals surface area (Å²) in [4.78, 5) is 193. The number of amides is 12. The number of carbonyl (C=O) groups is 14. The van der Waals surface area contributed by atoms with Crippen LogP contribution in [0.25, 0.3) is 0 Å². The van der Waals surface area contributed by atoms with Gasteiger partial charge in [0.25, 0.3) is 0 Å². The number of aliphatic imine (C=N–C) groups is 1. The van der Waals surface area contributed by atoms with Gasteiger partial charge in [-0.25, -0.2) is 4.79 Å². The maximum absolute atomic E-state index is 14.1. The molecular weight excluding hydrogens is 1350 g/mol. The number of aromatic hydroxyl groups is 1. The molecule has 0 radical (unpaired) electrons. The van der Waals surface area contributed by atoms with Gasteiger partial charge in [0.05, 0.1) is 38.3 Å². The Labute approximate surface area is 592 Å². The number of nitrogens with zero attached hydrogens (tertiary/aromatic N) is 2. The molecule has 3 aromatic carbocycles. The van der Waals surface area contributed by atoms with Crippen molar-refractivity contribution in [2.45, 2.75) is 158 Å². The van der Waals surface area contributed by atoms with Crippen molar-refractivity contribution in [2.24, 2.45) is 28.1 Å². The number of thioether (sulfide) groups is 1. The Morgan fingerprint density at radius 3 is 1.62 bits per heavy atom. The van der Waals surface area contributed by atoms with Crippen LogP contribution in [0.5, 0.6) is 5.75 Å². The molecule has 558 valence electrons. The second kappa shape index (κ2) is 42.6. The number of phenolic OH excluding ortho intramolecular Hbond substituents is 1. The number of rotatable bonds is 42. The highest BCUT2D eigenvalue weighted by Crippen LogP contribution is 2.20. The molecule has 0 unspecified atom stereocenters. The molecule has 1 heterocycles. The van der Waals surface area contributed by atoms with Gasteiger partial charge in [0.2, 0.25) is 70.9 Å². The Kier molecular flexibility index (Phi) is 35.1. The average Bonchev–Trinajstić information content (AvgIpc) is 1.64. The van der Waals surface area contributed by atoms with Gasteiger partial charge in [-0.15, -0.1) is 0 Å². The highest BCUT2D eigenvalue weighted by atomic mass is 32.2. The zero-order valence-electron chi connectivity index (χ0n) is 57.2. The minimum atomic E-state index is -1.90. The lowest BCUT2D eigenvalue weighted by Gasteiger charge is -2.30. The summed E-state index contributed by atoms with van der Waals surface area (Å²) < 4.78 is 0. The number of nitrogens with one attached hydrogen (secondary N) is 11. The lowest BCUT2D eigenvalue weighted by molar-refractivity contribution is -0.150. The lowest BCUT2D eigenvalue weighted by Crippen LogP contribution is -2.61. The third-order valence-electron chi connectivity index (χ3n) is 16.0. The maximum atomic E-state index is 14.1. The summed E-state index contributed by atoms with van der Waals surface area (Å²) in [6.07, 6.45) is -0.481. The average molecular weight is 1450 g/mol. The molecule has 0 saturated carbocycles. The predicted molar refractivity (Wildman–Crippen MR) is 370 cm³/mol. The summed E-state index contributed by atoms with van der Waals surface area (Å²) in [6, 6.07) is 6.97. The monoisotopic (exact) mass is 1450 g/mol. The number of hydrogen-bond acceptors (Lipinski definition) is 20. The fraction of sp³-hybridized carbons (Fsp3) is 0.500. The van der Waals surface area contributed by atoms with Crippen LogP contribution in [-0.4, -0.2) is 237 Å². The molecule has 0 spiro atoms. The van der Waals surface area contributed by atoms with Gasteiger partial charge in [0, 0.05) is 25.9 Å². The van der Waals surface area contributed by atoms with E-state index in [9.17, 15) is 92.7 Å². The van der Waals surface area contributed by atoms with Crippen LogP contribution in [-0.2, 0) is 86.4 Å². The highest BCUT2D eigenvalue weighted by Gasteiger charge is 2.41. The van der Waals surface area contributed by atoms with Crippen molar-refractivity contribution in [3.63, 3.8) is 0 Å². The number of guanidine groups is 1. The van der Waals surface area contributed by atoms with E-state index in [4.69, 9.17) is 17.2 Å². The Hall–Kier alpha value is -10.5. The number of carbonyl (C=O) groups excluding carboxylic acids is 12. The van der Waals surface area contributed by atoms with Gasteiger partial charge in [0.15, 0.2) is 5.96 Å². The molecule has 102 heavy (non-hydrogen) atoms. The SMILES string of the molecule is CSCC[C@H](NC(=O)[C@H](C)NC(=O)[C@H](CO)NC(=O)[C@@H](NC(=O)[C@H](CC(=O)O)NC(=O)CNC(=O)CNC(=O)[C@H](CCCN=C(N)N)NC(=O)[C@H](Cc1ccccc1)NC(=O)[C@@H](N)Cc1ccccc1)C(C)C)C(=O)N[C@@H](Cc1ccc(O)cc1)C(=O)N[C@H](C(=O)N1CCC[C@H]1C(=O)O)[C@@H](C)O. The van der Waals surface area contributed by atoms with Gasteiger partial charge >= 0.3 is 11.9 Å². The van der Waals surface area contributed by atoms with E-state index in [2.05, 4.69) is 63.5 Å². The van der Waals surface area contributed by atoms with Gasteiger partial charge < -0.3 is 106 Å². The first kappa shape index (κ1) is 84.0. The van der Waals surface area contributed by atoms with E-state index < -0.39 is 187 Å². The number of aliphatic hydroxyl groups is 2. The van der Waals surface area contributed by atoms with Crippen LogP contribution in [0, 0.1) is 5.92 Å². The standard InChI is InChI=1S/C66H94N16O19S/c1-35(2)53(63(98)79-48(34-83)62(97)73-36(3)55(90)75-44(24-27-102-5)58(93)78-46(30-40-20-22-41(85)23-21-40)60(95)81-54(37(4)84)64(99)82-26-13-19-49(82)65(100)101)80-61(96)47(31-52(88)89)74-51(87)33-71-50(86)32-72-57(92)43(18-12-25-70-66(68)69)76-59(94)45(29-39-16-10-7-11-17-39)77-56(91)42(67)28-38-14-8-6-9-15-38/h6-11,14-17,20-23,35-37,42-49,53-54,83-85H,12-13,18-19,24-34,67H2,1-5H3,(H,71,86)(H,72,92)(H,73,97)(H,74,87)(H,75,90)(H,76,94)(H,77,91)(H,78,93)(H,79,98)(H,80,96)(H,81,95)(H,88,89)(H,100,101)(H4,68,69,70)/t36-,37+,42-,43-,44-,45-,46-,47-,48-,49-,53-,54-/m0/s1. The van der Waals surface area contributed by atoms with Crippen LogP contribution in [0.2, 0.25) is 0 Å². The van der Waals surface area contributed by atoms with Crippen LogP contribution >= 0.6 is 11.8 Å². The minimum Gasteiger partial charge on any atom is -0.508 e. The fourth-order valence-corrected chi connectivity index (χ4v) is 10.9. The molecule has 12 amide bonds. The molecule has 1 aliphatic rings. The molecule has 4 rings (SSSR count). The predicted octanol–water partition coefficient (Wildman–Crippen LogP) is -5.25. The first-order valence-electron chi connectivity index (χ1n) is 32.8. The molecule has 36 heteroatoms. The largest absolute Gasteiger partial charge is 0.508 e. The van der Waals surface area contributed by atoms with E-state index in [-0.39, 0.29) is 75.5 Å². The number of carboxylic acid groups (broad SMARTS) is 2. The van der Waals surface area contributed by atoms with Crippen LogP contribution in [0.4, 0.5) is 0 Å². The van der Waals surface area contributed by atoms with Crippen molar-refractivity contribution in [2.75, 3.05) is 44.8 Å². The Morgan fingerprint density at radius 2 is 1.06 bits per heavy atom. The summed E-state index contributed by atoms with van der Waals surface area (Å²) in [5, 5.41) is 76.8. The number of aliphatic carboxylic acids is 2. The Balaban J connectivity index is 1.38. The van der Waals surface area contributed by atoms with E-state index in [0.717, 1.165) is 10.5 Å². The van der Waals surface area contributed by atoms with Crippen molar-refractivity contribution in [3.05, 3.63) is 102 Å². The quantitative estimate of drug-likeness (QED) is 0.0143. The van der Waals surface area contributed by atoms with E-state index >= 15 is 0 Å². The number of aliphatic hydroxyl groups excluding tert-OH is 2. The van der Waals surface area contributed by atoms with Gasteiger partial charge in [-0.3, -0.25) is 67.3 Å². The van der Waals surface area contributed by atoms with Gasteiger partial charge in [-0.1, -0.05) is 86.6 Å². The molecule has 1 fully saturated rings. The second-order valence-electron chi connectivity index (χ2n) is 24.5. The molecule has 12 atom stereocenters.